The number of hydrogen-bond donors (Lipinski definition) is 3. The Bertz CT molecular complexity index is 1650. The number of nitrogens with one attached hydrogen (secondary N) is 3. The number of ether oxygens (including phenoxy) is 2. The maximum absolute atomic E-state index is 13.1. The van der Waals surface area contributed by atoms with Crippen LogP contribution in [0, 0.1) is 5.41 Å². The number of fused-ring (bicyclic) bond motifs is 4. The van der Waals surface area contributed by atoms with Crippen molar-refractivity contribution in [3.05, 3.63) is 73.4 Å². The number of aromatic amines is 2. The first-order valence-electron chi connectivity index (χ1n) is 11.1. The Morgan fingerprint density at radius 1 is 1.00 bits per heavy atom. The molecule has 5 heterocycles. The minimum atomic E-state index is -0.586. The van der Waals surface area contributed by atoms with E-state index in [4.69, 9.17) is 14.5 Å². The van der Waals surface area contributed by atoms with Crippen molar-refractivity contribution in [2.45, 2.75) is 32.6 Å². The van der Waals surface area contributed by atoms with Crippen LogP contribution in [0.4, 0.5) is 11.6 Å². The fraction of sp³-hybridized carbons (Fsp3) is 0.292. The summed E-state index contributed by atoms with van der Waals surface area (Å²) in [6.07, 6.45) is 3.16. The molecule has 1 atom stereocenters. The van der Waals surface area contributed by atoms with Crippen molar-refractivity contribution >= 4 is 22.5 Å². The van der Waals surface area contributed by atoms with Gasteiger partial charge in [-0.3, -0.25) is 14.8 Å². The Labute approximate surface area is 192 Å². The number of hydrogen-bond acceptors (Lipinski definition) is 8. The van der Waals surface area contributed by atoms with E-state index in [1.165, 1.54) is 0 Å². The Morgan fingerprint density at radius 3 is 2.71 bits per heavy atom. The third-order valence-electron chi connectivity index (χ3n) is 6.79. The van der Waals surface area contributed by atoms with Crippen LogP contribution < -0.4 is 26.0 Å². The van der Waals surface area contributed by atoms with Gasteiger partial charge in [-0.2, -0.15) is 0 Å². The molecular weight excluding hydrogens is 436 g/mol. The summed E-state index contributed by atoms with van der Waals surface area (Å²) in [4.78, 5) is 44.6. The van der Waals surface area contributed by atoms with Gasteiger partial charge < -0.3 is 14.8 Å². The van der Waals surface area contributed by atoms with Crippen LogP contribution in [-0.2, 0) is 12.8 Å². The molecule has 0 radical (unpaired) electrons. The van der Waals surface area contributed by atoms with Crippen molar-refractivity contribution in [2.24, 2.45) is 5.41 Å². The minimum absolute atomic E-state index is 0.00425. The maximum Gasteiger partial charge on any atom is 0.327 e. The van der Waals surface area contributed by atoms with Crippen LogP contribution in [-0.4, -0.2) is 31.7 Å². The zero-order valence-electron chi connectivity index (χ0n) is 18.5. The van der Waals surface area contributed by atoms with E-state index in [1.54, 1.807) is 6.33 Å². The highest BCUT2D eigenvalue weighted by atomic mass is 16.7. The first-order valence-corrected chi connectivity index (χ1v) is 11.1. The molecule has 2 aliphatic heterocycles. The second-order valence-electron chi connectivity index (χ2n) is 9.75. The van der Waals surface area contributed by atoms with E-state index in [-0.39, 0.29) is 12.2 Å². The van der Waals surface area contributed by atoms with Crippen molar-refractivity contribution in [3.63, 3.8) is 0 Å². The van der Waals surface area contributed by atoms with Gasteiger partial charge in [-0.25, -0.2) is 19.7 Å². The van der Waals surface area contributed by atoms with E-state index in [2.05, 4.69) is 39.1 Å². The molecule has 10 nitrogen and oxygen atoms in total. The molecule has 1 aliphatic carbocycles. The molecule has 3 N–H and O–H groups in total. The van der Waals surface area contributed by atoms with Gasteiger partial charge in [-0.1, -0.05) is 19.9 Å². The number of benzene rings is 1. The Balaban J connectivity index is 1.57. The van der Waals surface area contributed by atoms with Crippen LogP contribution in [0.2, 0.25) is 0 Å². The fourth-order valence-electron chi connectivity index (χ4n) is 5.45. The predicted octanol–water partition coefficient (Wildman–Crippen LogP) is 2.49. The Morgan fingerprint density at radius 2 is 1.82 bits per heavy atom. The number of aromatic nitrogens is 5. The number of H-pyrrole nitrogens is 2. The van der Waals surface area contributed by atoms with Crippen LogP contribution in [0.15, 0.2) is 34.1 Å². The summed E-state index contributed by atoms with van der Waals surface area (Å²) in [5, 5.41) is 4.15. The molecule has 7 rings (SSSR count). The monoisotopic (exact) mass is 456 g/mol. The molecule has 0 fully saturated rings. The van der Waals surface area contributed by atoms with Crippen molar-refractivity contribution in [1.29, 1.82) is 0 Å². The van der Waals surface area contributed by atoms with Gasteiger partial charge in [-0.05, 0) is 36.0 Å². The lowest BCUT2D eigenvalue weighted by atomic mass is 9.75. The first-order chi connectivity index (χ1) is 16.4. The molecule has 4 aromatic rings. The topological polar surface area (TPSA) is 135 Å². The lowest BCUT2D eigenvalue weighted by molar-refractivity contribution is 0.174. The van der Waals surface area contributed by atoms with Crippen LogP contribution >= 0.6 is 0 Å². The van der Waals surface area contributed by atoms with Gasteiger partial charge in [0, 0.05) is 16.9 Å². The van der Waals surface area contributed by atoms with Gasteiger partial charge in [0.2, 0.25) is 6.79 Å². The Kier molecular flexibility index (Phi) is 3.65. The van der Waals surface area contributed by atoms with Crippen LogP contribution in [0.25, 0.3) is 10.9 Å². The lowest BCUT2D eigenvalue weighted by Gasteiger charge is -2.33. The van der Waals surface area contributed by atoms with E-state index in [0.29, 0.717) is 28.7 Å². The van der Waals surface area contributed by atoms with Gasteiger partial charge in [0.05, 0.1) is 22.5 Å². The summed E-state index contributed by atoms with van der Waals surface area (Å²) < 4.78 is 11.1. The largest absolute Gasteiger partial charge is 0.454 e. The SMILES string of the molecule is CC1(C)Cc2ncnc3c4c(nc(c23)C1)Nc1[nH]c(=O)[nH]c(=O)c1C4c1ccc2c(c1)OCO2. The van der Waals surface area contributed by atoms with Gasteiger partial charge >= 0.3 is 5.69 Å². The minimum Gasteiger partial charge on any atom is -0.454 e. The summed E-state index contributed by atoms with van der Waals surface area (Å²) in [6.45, 7) is 4.53. The van der Waals surface area contributed by atoms with E-state index in [0.717, 1.165) is 46.3 Å². The van der Waals surface area contributed by atoms with E-state index < -0.39 is 17.2 Å². The van der Waals surface area contributed by atoms with Gasteiger partial charge in [0.1, 0.15) is 18.0 Å². The molecule has 0 bridgehead atoms. The molecule has 170 valence electrons. The first kappa shape index (κ1) is 19.3. The third kappa shape index (κ3) is 2.65. The van der Waals surface area contributed by atoms with Crippen LogP contribution in [0.3, 0.4) is 0 Å². The second-order valence-corrected chi connectivity index (χ2v) is 9.75. The third-order valence-corrected chi connectivity index (χ3v) is 6.79. The molecule has 10 heteroatoms. The summed E-state index contributed by atoms with van der Waals surface area (Å²) in [6, 6.07) is 5.60. The quantitative estimate of drug-likeness (QED) is 0.350. The lowest BCUT2D eigenvalue weighted by Crippen LogP contribution is -2.33. The highest BCUT2D eigenvalue weighted by Gasteiger charge is 2.38. The average Bonchev–Trinajstić information content (AvgIpc) is 3.24. The molecule has 0 saturated heterocycles. The van der Waals surface area contributed by atoms with E-state index >= 15 is 0 Å². The number of rotatable bonds is 1. The van der Waals surface area contributed by atoms with Crippen LogP contribution in [0.5, 0.6) is 11.5 Å². The molecule has 3 aromatic heterocycles. The van der Waals surface area contributed by atoms with Crippen molar-refractivity contribution in [1.82, 2.24) is 24.9 Å². The number of nitrogens with zero attached hydrogens (tertiary/aromatic N) is 3. The number of anilines is 2. The van der Waals surface area contributed by atoms with Gasteiger partial charge in [-0.15, -0.1) is 0 Å². The van der Waals surface area contributed by atoms with Crippen molar-refractivity contribution < 1.29 is 9.47 Å². The highest BCUT2D eigenvalue weighted by molar-refractivity contribution is 5.93. The summed E-state index contributed by atoms with van der Waals surface area (Å²) in [5.74, 6) is 1.61. The molecule has 1 unspecified atom stereocenters. The smallest absolute Gasteiger partial charge is 0.327 e. The van der Waals surface area contributed by atoms with E-state index in [1.807, 2.05) is 18.2 Å². The number of pyridine rings is 1. The molecule has 0 amide bonds. The highest BCUT2D eigenvalue weighted by Crippen LogP contribution is 2.48. The van der Waals surface area contributed by atoms with Gasteiger partial charge in [0.25, 0.3) is 5.56 Å². The zero-order valence-corrected chi connectivity index (χ0v) is 18.5. The normalized spacial score (nSPS) is 18.8. The van der Waals surface area contributed by atoms with Crippen molar-refractivity contribution in [3.8, 4) is 11.5 Å². The molecule has 0 saturated carbocycles. The van der Waals surface area contributed by atoms with Crippen molar-refractivity contribution in [2.75, 3.05) is 12.1 Å². The van der Waals surface area contributed by atoms with Gasteiger partial charge in [0.15, 0.2) is 11.5 Å². The predicted molar refractivity (Wildman–Crippen MR) is 123 cm³/mol. The molecular formula is C24H20N6O4. The molecule has 34 heavy (non-hydrogen) atoms. The average molecular weight is 456 g/mol. The summed E-state index contributed by atoms with van der Waals surface area (Å²) in [5.41, 5.74) is 3.53. The Hall–Kier alpha value is -4.21. The standard InChI is InChI=1S/C24H20N6O4/c1-24(2)6-11-16-12(7-24)27-20-17(19(16)26-8-25-11)15(10-3-4-13-14(5-10)34-9-33-13)18-21(28-20)29-23(32)30-22(18)31/h3-5,8,15H,6-7,9H2,1-2H3,(H3,27,28,29,30,31,32). The maximum atomic E-state index is 13.1. The zero-order chi connectivity index (χ0) is 23.2. The molecule has 3 aliphatic rings. The summed E-state index contributed by atoms with van der Waals surface area (Å²) >= 11 is 0. The fourth-order valence-corrected chi connectivity index (χ4v) is 5.45. The summed E-state index contributed by atoms with van der Waals surface area (Å²) in [7, 11) is 0. The molecule has 1 aromatic carbocycles. The molecule has 0 spiro atoms. The van der Waals surface area contributed by atoms with E-state index in [9.17, 15) is 9.59 Å². The van der Waals surface area contributed by atoms with Crippen LogP contribution in [0.1, 0.15) is 47.8 Å². The second kappa shape index (κ2) is 6.43.